The number of benzene rings is 1. The first-order valence-electron chi connectivity index (χ1n) is 7.08. The van der Waals surface area contributed by atoms with Gasteiger partial charge < -0.3 is 31.5 Å². The van der Waals surface area contributed by atoms with E-state index >= 15 is 0 Å². The molecule has 112 valence electrons. The molecule has 4 nitrogen and oxygen atoms in total. The molecule has 1 aromatic carbocycles. The van der Waals surface area contributed by atoms with E-state index in [9.17, 15) is 0 Å². The molecule has 0 radical (unpaired) electrons. The second kappa shape index (κ2) is 6.66. The maximum atomic E-state index is 6.02. The highest BCUT2D eigenvalue weighted by atomic mass is 35.5. The van der Waals surface area contributed by atoms with Gasteiger partial charge in [-0.15, -0.1) is 0 Å². The molecule has 2 heterocycles. The van der Waals surface area contributed by atoms with Gasteiger partial charge in [0.15, 0.2) is 17.6 Å². The summed E-state index contributed by atoms with van der Waals surface area (Å²) in [5.41, 5.74) is 0. The van der Waals surface area contributed by atoms with E-state index in [1.165, 1.54) is 0 Å². The number of fused-ring (bicyclic) bond motifs is 1. The molecule has 20 heavy (non-hydrogen) atoms. The summed E-state index contributed by atoms with van der Waals surface area (Å²) < 4.78 is 17.5. The highest BCUT2D eigenvalue weighted by Crippen LogP contribution is 2.30. The maximum Gasteiger partial charge on any atom is 0.181 e. The maximum absolute atomic E-state index is 6.02. The number of quaternary nitrogens is 1. The van der Waals surface area contributed by atoms with Crippen LogP contribution in [0.2, 0.25) is 0 Å². The highest BCUT2D eigenvalue weighted by molar-refractivity contribution is 5.40. The van der Waals surface area contributed by atoms with Gasteiger partial charge in [-0.1, -0.05) is 12.1 Å². The average Bonchev–Trinajstić information content (AvgIpc) is 2.37. The van der Waals surface area contributed by atoms with Crippen LogP contribution in [0.5, 0.6) is 11.5 Å². The molecule has 3 rings (SSSR count). The van der Waals surface area contributed by atoms with Crippen LogP contribution in [0.4, 0.5) is 0 Å². The van der Waals surface area contributed by atoms with Gasteiger partial charge in [0.1, 0.15) is 38.4 Å². The zero-order valence-corrected chi connectivity index (χ0v) is 12.7. The molecule has 0 spiro atoms. The number of morpholine rings is 1. The minimum absolute atomic E-state index is 0. The van der Waals surface area contributed by atoms with Crippen molar-refractivity contribution in [2.75, 3.05) is 26.2 Å². The van der Waals surface area contributed by atoms with Crippen molar-refractivity contribution in [3.8, 4) is 11.5 Å². The second-order valence-corrected chi connectivity index (χ2v) is 5.62. The van der Waals surface area contributed by atoms with Crippen LogP contribution < -0.4 is 26.8 Å². The summed E-state index contributed by atoms with van der Waals surface area (Å²) >= 11 is 0. The summed E-state index contributed by atoms with van der Waals surface area (Å²) in [6, 6.07) is 7.88. The van der Waals surface area contributed by atoms with Crippen LogP contribution in [0.3, 0.4) is 0 Å². The van der Waals surface area contributed by atoms with Crippen molar-refractivity contribution in [3.05, 3.63) is 24.3 Å². The molecule has 2 aliphatic heterocycles. The molecule has 5 heteroatoms. The monoisotopic (exact) mass is 299 g/mol. The molecule has 3 unspecified atom stereocenters. The van der Waals surface area contributed by atoms with E-state index in [4.69, 9.17) is 14.2 Å². The van der Waals surface area contributed by atoms with Gasteiger partial charge in [0, 0.05) is 0 Å². The molecule has 0 aromatic heterocycles. The van der Waals surface area contributed by atoms with Gasteiger partial charge in [0.05, 0.1) is 0 Å². The minimum atomic E-state index is 0. The summed E-state index contributed by atoms with van der Waals surface area (Å²) in [7, 11) is 0. The van der Waals surface area contributed by atoms with Gasteiger partial charge in [-0.05, 0) is 26.0 Å². The van der Waals surface area contributed by atoms with E-state index in [1.54, 1.807) is 4.90 Å². The summed E-state index contributed by atoms with van der Waals surface area (Å²) in [4.78, 5) is 1.54. The number of hydrogen-bond acceptors (Lipinski definition) is 3. The van der Waals surface area contributed by atoms with Crippen molar-refractivity contribution < 1.29 is 31.5 Å². The third kappa shape index (κ3) is 3.57. The van der Waals surface area contributed by atoms with Crippen molar-refractivity contribution >= 4 is 0 Å². The van der Waals surface area contributed by atoms with Crippen LogP contribution in [0.25, 0.3) is 0 Å². The van der Waals surface area contributed by atoms with E-state index in [2.05, 4.69) is 13.8 Å². The Labute approximate surface area is 126 Å². The third-order valence-electron chi connectivity index (χ3n) is 3.70. The number of para-hydroxylation sites is 2. The zero-order chi connectivity index (χ0) is 13.2. The fraction of sp³-hybridized carbons (Fsp3) is 0.600. The SMILES string of the molecule is CC1C[NH+](CC2COc3ccccc3O2)CC(C)O1.[Cl-]. The number of ether oxygens (including phenoxy) is 3. The van der Waals surface area contributed by atoms with Crippen LogP contribution in [0.15, 0.2) is 24.3 Å². The number of hydrogen-bond donors (Lipinski definition) is 1. The van der Waals surface area contributed by atoms with Gasteiger partial charge >= 0.3 is 0 Å². The molecular weight excluding hydrogens is 278 g/mol. The third-order valence-corrected chi connectivity index (χ3v) is 3.70. The van der Waals surface area contributed by atoms with Crippen LogP contribution in [0.1, 0.15) is 13.8 Å². The fourth-order valence-corrected chi connectivity index (χ4v) is 3.04. The van der Waals surface area contributed by atoms with Gasteiger partial charge in [0.25, 0.3) is 0 Å². The normalized spacial score (nSPS) is 32.3. The summed E-state index contributed by atoms with van der Waals surface area (Å²) in [6.07, 6.45) is 0.800. The zero-order valence-electron chi connectivity index (χ0n) is 12.0. The first-order chi connectivity index (χ1) is 9.20. The average molecular weight is 300 g/mol. The molecule has 3 atom stereocenters. The largest absolute Gasteiger partial charge is 1.00 e. The van der Waals surface area contributed by atoms with Crippen LogP contribution in [-0.2, 0) is 4.74 Å². The lowest BCUT2D eigenvalue weighted by atomic mass is 10.2. The smallest absolute Gasteiger partial charge is 0.181 e. The lowest BCUT2D eigenvalue weighted by Gasteiger charge is -2.35. The van der Waals surface area contributed by atoms with Crippen molar-refractivity contribution in [2.24, 2.45) is 0 Å². The minimum Gasteiger partial charge on any atom is -1.00 e. The van der Waals surface area contributed by atoms with E-state index in [0.717, 1.165) is 31.1 Å². The molecule has 1 N–H and O–H groups in total. The van der Waals surface area contributed by atoms with Crippen molar-refractivity contribution in [2.45, 2.75) is 32.2 Å². The number of halogens is 1. The first-order valence-corrected chi connectivity index (χ1v) is 7.08. The predicted octanol–water partition coefficient (Wildman–Crippen LogP) is -2.48. The first kappa shape index (κ1) is 15.4. The van der Waals surface area contributed by atoms with Gasteiger partial charge in [0.2, 0.25) is 0 Å². The predicted molar refractivity (Wildman–Crippen MR) is 71.9 cm³/mol. The Morgan fingerprint density at radius 1 is 1.10 bits per heavy atom. The molecule has 0 bridgehead atoms. The second-order valence-electron chi connectivity index (χ2n) is 5.62. The van der Waals surface area contributed by atoms with E-state index < -0.39 is 0 Å². The number of rotatable bonds is 2. The van der Waals surface area contributed by atoms with Crippen molar-refractivity contribution in [3.63, 3.8) is 0 Å². The molecular formula is C15H22ClNO3. The lowest BCUT2D eigenvalue weighted by molar-refractivity contribution is -0.917. The Hall–Kier alpha value is -0.970. The van der Waals surface area contributed by atoms with Gasteiger partial charge in [-0.25, -0.2) is 0 Å². The van der Waals surface area contributed by atoms with E-state index in [1.807, 2.05) is 24.3 Å². The Balaban J connectivity index is 0.00000147. The highest BCUT2D eigenvalue weighted by Gasteiger charge is 2.30. The van der Waals surface area contributed by atoms with Crippen LogP contribution in [-0.4, -0.2) is 44.6 Å². The molecule has 0 amide bonds. The Kier molecular flexibility index (Phi) is 5.13. The summed E-state index contributed by atoms with van der Waals surface area (Å²) in [6.45, 7) is 8.00. The lowest BCUT2D eigenvalue weighted by Crippen LogP contribution is -3.16. The Morgan fingerprint density at radius 2 is 1.75 bits per heavy atom. The molecule has 0 saturated carbocycles. The fourth-order valence-electron chi connectivity index (χ4n) is 3.04. The molecule has 1 aromatic rings. The molecule has 1 saturated heterocycles. The van der Waals surface area contributed by atoms with Gasteiger partial charge in [-0.2, -0.15) is 0 Å². The van der Waals surface area contributed by atoms with Crippen LogP contribution in [0, 0.1) is 0 Å². The molecule has 0 aliphatic carbocycles. The molecule has 1 fully saturated rings. The van der Waals surface area contributed by atoms with Gasteiger partial charge in [-0.3, -0.25) is 0 Å². The van der Waals surface area contributed by atoms with E-state index in [-0.39, 0.29) is 18.5 Å². The Morgan fingerprint density at radius 3 is 2.45 bits per heavy atom. The topological polar surface area (TPSA) is 32.1 Å². The Bertz CT molecular complexity index is 433. The standard InChI is InChI=1S/C15H21NO3.ClH/c1-11-7-16(8-12(2)18-11)9-13-10-17-14-5-3-4-6-15(14)19-13;/h3-6,11-13H,7-10H2,1-2H3;1H. The number of nitrogens with one attached hydrogen (secondary N) is 1. The van der Waals surface area contributed by atoms with Crippen LogP contribution >= 0.6 is 0 Å². The summed E-state index contributed by atoms with van der Waals surface area (Å²) in [5, 5.41) is 0. The van der Waals surface area contributed by atoms with Crippen molar-refractivity contribution in [1.29, 1.82) is 0 Å². The van der Waals surface area contributed by atoms with Crippen molar-refractivity contribution in [1.82, 2.24) is 0 Å². The quantitative estimate of drug-likeness (QED) is 0.657. The van der Waals surface area contributed by atoms with E-state index in [0.29, 0.717) is 18.8 Å². The summed E-state index contributed by atoms with van der Waals surface area (Å²) in [5.74, 6) is 1.73. The molecule has 2 aliphatic rings.